The highest BCUT2D eigenvalue weighted by atomic mass is 19.2. The highest BCUT2D eigenvalue weighted by Crippen LogP contribution is 2.25. The summed E-state index contributed by atoms with van der Waals surface area (Å²) in [6.45, 7) is 0. The lowest BCUT2D eigenvalue weighted by Gasteiger charge is -2.08. The van der Waals surface area contributed by atoms with Gasteiger partial charge in [-0.25, -0.2) is 18.7 Å². The van der Waals surface area contributed by atoms with E-state index in [0.29, 0.717) is 22.7 Å². The van der Waals surface area contributed by atoms with Gasteiger partial charge in [0.2, 0.25) is 0 Å². The lowest BCUT2D eigenvalue weighted by Crippen LogP contribution is -1.97. The van der Waals surface area contributed by atoms with Crippen LogP contribution in [0.2, 0.25) is 0 Å². The summed E-state index contributed by atoms with van der Waals surface area (Å²) in [5.41, 5.74) is 7.36. The first-order chi connectivity index (χ1) is 9.63. The van der Waals surface area contributed by atoms with Crippen molar-refractivity contribution in [3.05, 3.63) is 54.4 Å². The number of benzene rings is 2. The number of hydrogen-bond donors (Lipinski definition) is 2. The van der Waals surface area contributed by atoms with Gasteiger partial charge in [0.15, 0.2) is 11.6 Å². The van der Waals surface area contributed by atoms with Crippen molar-refractivity contribution in [2.75, 3.05) is 11.1 Å². The number of nitrogens with one attached hydrogen (secondary N) is 1. The second-order valence-electron chi connectivity index (χ2n) is 4.25. The molecule has 6 heteroatoms. The van der Waals surface area contributed by atoms with Gasteiger partial charge < -0.3 is 11.1 Å². The molecule has 20 heavy (non-hydrogen) atoms. The number of halogens is 2. The third kappa shape index (κ3) is 2.23. The molecule has 0 atom stereocenters. The maximum Gasteiger partial charge on any atom is 0.160 e. The van der Waals surface area contributed by atoms with Crippen LogP contribution in [-0.4, -0.2) is 9.97 Å². The Hall–Kier alpha value is -2.76. The Morgan fingerprint density at radius 2 is 1.80 bits per heavy atom. The average Bonchev–Trinajstić information content (AvgIpc) is 2.43. The Kier molecular flexibility index (Phi) is 2.90. The normalized spacial score (nSPS) is 10.7. The molecule has 4 nitrogen and oxygen atoms in total. The Morgan fingerprint density at radius 1 is 0.950 bits per heavy atom. The minimum atomic E-state index is -0.919. The molecule has 0 saturated heterocycles. The van der Waals surface area contributed by atoms with E-state index in [9.17, 15) is 8.78 Å². The minimum Gasteiger partial charge on any atom is -0.399 e. The van der Waals surface area contributed by atoms with Crippen LogP contribution in [0, 0.1) is 11.6 Å². The molecular formula is C14H10F2N4. The third-order valence-electron chi connectivity index (χ3n) is 2.84. The fourth-order valence-electron chi connectivity index (χ4n) is 1.88. The lowest BCUT2D eigenvalue weighted by molar-refractivity contribution is 0.509. The highest BCUT2D eigenvalue weighted by molar-refractivity contribution is 5.92. The summed E-state index contributed by atoms with van der Waals surface area (Å²) in [6.07, 6.45) is 1.38. The molecule has 3 aromatic rings. The molecule has 1 aromatic heterocycles. The van der Waals surface area contributed by atoms with Gasteiger partial charge in [0.1, 0.15) is 12.1 Å². The minimum absolute atomic E-state index is 0.403. The van der Waals surface area contributed by atoms with Crippen LogP contribution >= 0.6 is 0 Å². The van der Waals surface area contributed by atoms with Gasteiger partial charge in [-0.05, 0) is 30.3 Å². The first-order valence-electron chi connectivity index (χ1n) is 5.86. The zero-order valence-electron chi connectivity index (χ0n) is 10.3. The van der Waals surface area contributed by atoms with Crippen LogP contribution in [0.1, 0.15) is 0 Å². The number of nitrogens with zero attached hydrogens (tertiary/aromatic N) is 2. The molecule has 0 amide bonds. The van der Waals surface area contributed by atoms with Crippen molar-refractivity contribution in [2.24, 2.45) is 0 Å². The summed E-state index contributed by atoms with van der Waals surface area (Å²) in [5.74, 6) is -1.31. The van der Waals surface area contributed by atoms with Gasteiger partial charge in [-0.2, -0.15) is 0 Å². The Morgan fingerprint density at radius 3 is 2.60 bits per heavy atom. The molecular weight excluding hydrogens is 262 g/mol. The van der Waals surface area contributed by atoms with Crippen LogP contribution in [0.15, 0.2) is 42.7 Å². The van der Waals surface area contributed by atoms with Crippen LogP contribution < -0.4 is 11.1 Å². The number of nitrogen functional groups attached to an aromatic ring is 1. The molecule has 2 aromatic carbocycles. The van der Waals surface area contributed by atoms with Crippen LogP contribution in [-0.2, 0) is 0 Å². The number of nitrogens with two attached hydrogens (primary N) is 1. The smallest absolute Gasteiger partial charge is 0.160 e. The summed E-state index contributed by atoms with van der Waals surface area (Å²) >= 11 is 0. The van der Waals surface area contributed by atoms with E-state index in [4.69, 9.17) is 5.73 Å². The van der Waals surface area contributed by atoms with Crippen molar-refractivity contribution in [3.8, 4) is 0 Å². The first kappa shape index (κ1) is 12.3. The van der Waals surface area contributed by atoms with Crippen LogP contribution in [0.3, 0.4) is 0 Å². The molecule has 0 bridgehead atoms. The standard InChI is InChI=1S/C14H10F2N4/c15-11-4-2-9(6-12(11)16)20-14-10-3-1-8(17)5-13(10)18-7-19-14/h1-7H,17H2,(H,18,19,20). The van der Waals surface area contributed by atoms with Gasteiger partial charge in [0, 0.05) is 22.8 Å². The quantitative estimate of drug-likeness (QED) is 0.703. The van der Waals surface area contributed by atoms with Gasteiger partial charge in [0.25, 0.3) is 0 Å². The van der Waals surface area contributed by atoms with Crippen molar-refractivity contribution in [3.63, 3.8) is 0 Å². The van der Waals surface area contributed by atoms with Gasteiger partial charge in [-0.15, -0.1) is 0 Å². The molecule has 0 radical (unpaired) electrons. The molecule has 3 rings (SSSR count). The SMILES string of the molecule is Nc1ccc2c(Nc3ccc(F)c(F)c3)ncnc2c1. The second kappa shape index (κ2) is 4.73. The molecule has 100 valence electrons. The van der Waals surface area contributed by atoms with E-state index in [0.717, 1.165) is 17.5 Å². The van der Waals surface area contributed by atoms with Crippen LogP contribution in [0.25, 0.3) is 10.9 Å². The summed E-state index contributed by atoms with van der Waals surface area (Å²) < 4.78 is 26.1. The maximum atomic E-state index is 13.2. The van der Waals surface area contributed by atoms with Crippen LogP contribution in [0.4, 0.5) is 26.0 Å². The average molecular weight is 272 g/mol. The molecule has 0 spiro atoms. The van der Waals surface area contributed by atoms with Crippen molar-refractivity contribution in [2.45, 2.75) is 0 Å². The molecule has 0 aliphatic heterocycles. The predicted molar refractivity (Wildman–Crippen MR) is 73.6 cm³/mol. The molecule has 0 saturated carbocycles. The predicted octanol–water partition coefficient (Wildman–Crippen LogP) is 3.23. The fraction of sp³-hybridized carbons (Fsp3) is 0. The number of rotatable bonds is 2. The van der Waals surface area contributed by atoms with Crippen molar-refractivity contribution in [1.29, 1.82) is 0 Å². The summed E-state index contributed by atoms with van der Waals surface area (Å²) in [7, 11) is 0. The summed E-state index contributed by atoms with van der Waals surface area (Å²) in [6, 6.07) is 8.77. The van der Waals surface area contributed by atoms with Crippen LogP contribution in [0.5, 0.6) is 0 Å². The van der Waals surface area contributed by atoms with E-state index >= 15 is 0 Å². The van der Waals surface area contributed by atoms with E-state index in [-0.39, 0.29) is 0 Å². The van der Waals surface area contributed by atoms with Crippen molar-refractivity contribution >= 4 is 28.1 Å². The largest absolute Gasteiger partial charge is 0.399 e. The number of aromatic nitrogens is 2. The zero-order chi connectivity index (χ0) is 14.1. The van der Waals surface area contributed by atoms with Gasteiger partial charge in [0.05, 0.1) is 5.52 Å². The number of hydrogen-bond acceptors (Lipinski definition) is 4. The third-order valence-corrected chi connectivity index (χ3v) is 2.84. The van der Waals surface area contributed by atoms with E-state index in [1.165, 1.54) is 12.4 Å². The first-order valence-corrected chi connectivity index (χ1v) is 5.86. The Bertz CT molecular complexity index is 789. The van der Waals surface area contributed by atoms with E-state index in [2.05, 4.69) is 15.3 Å². The lowest BCUT2D eigenvalue weighted by atomic mass is 10.2. The maximum absolute atomic E-state index is 13.2. The van der Waals surface area contributed by atoms with E-state index in [1.807, 2.05) is 0 Å². The highest BCUT2D eigenvalue weighted by Gasteiger charge is 2.07. The molecule has 3 N–H and O–H groups in total. The summed E-state index contributed by atoms with van der Waals surface area (Å²) in [5, 5.41) is 3.68. The number of fused-ring (bicyclic) bond motifs is 1. The molecule has 0 fully saturated rings. The van der Waals surface area contributed by atoms with Gasteiger partial charge in [-0.1, -0.05) is 0 Å². The molecule has 0 unspecified atom stereocenters. The monoisotopic (exact) mass is 272 g/mol. The Labute approximate surface area is 113 Å². The Balaban J connectivity index is 2.04. The van der Waals surface area contributed by atoms with E-state index < -0.39 is 11.6 Å². The van der Waals surface area contributed by atoms with E-state index in [1.54, 1.807) is 18.2 Å². The van der Waals surface area contributed by atoms with Crippen molar-refractivity contribution in [1.82, 2.24) is 9.97 Å². The second-order valence-corrected chi connectivity index (χ2v) is 4.25. The number of anilines is 3. The summed E-state index contributed by atoms with van der Waals surface area (Å²) in [4.78, 5) is 8.22. The van der Waals surface area contributed by atoms with Crippen molar-refractivity contribution < 1.29 is 8.78 Å². The van der Waals surface area contributed by atoms with Gasteiger partial charge in [-0.3, -0.25) is 0 Å². The zero-order valence-corrected chi connectivity index (χ0v) is 10.3. The fourth-order valence-corrected chi connectivity index (χ4v) is 1.88. The van der Waals surface area contributed by atoms with Gasteiger partial charge >= 0.3 is 0 Å². The topological polar surface area (TPSA) is 63.8 Å². The molecule has 0 aliphatic rings. The molecule has 1 heterocycles. The molecule has 0 aliphatic carbocycles.